The number of carbonyl (C=O) groups is 2. The van der Waals surface area contributed by atoms with Crippen LogP contribution in [0, 0.1) is 0 Å². The Bertz CT molecular complexity index is 547. The van der Waals surface area contributed by atoms with E-state index in [1.54, 1.807) is 20.8 Å². The van der Waals surface area contributed by atoms with Crippen LogP contribution in [0.4, 0.5) is 16.2 Å². The first kappa shape index (κ1) is 16.6. The first-order valence-electron chi connectivity index (χ1n) is 6.40. The molecule has 1 amide bonds. The molecule has 0 radical (unpaired) electrons. The highest BCUT2D eigenvalue weighted by Gasteiger charge is 2.17. The number of nitrogens with one attached hydrogen (secondary N) is 1. The largest absolute Gasteiger partial charge is 0.458 e. The maximum atomic E-state index is 11.8. The molecule has 6 nitrogen and oxygen atoms in total. The number of nitrogens with two attached hydrogens (primary N) is 1. The molecule has 0 unspecified atom stereocenters. The number of benzene rings is 1. The lowest BCUT2D eigenvalue weighted by atomic mass is 10.1. The first-order chi connectivity index (χ1) is 9.71. The van der Waals surface area contributed by atoms with Crippen LogP contribution in [0.5, 0.6) is 0 Å². The zero-order chi connectivity index (χ0) is 16.0. The van der Waals surface area contributed by atoms with Gasteiger partial charge in [-0.2, -0.15) is 0 Å². The van der Waals surface area contributed by atoms with Crippen LogP contribution in [0.25, 0.3) is 0 Å². The molecule has 114 valence electrons. The Hall–Kier alpha value is -2.50. The lowest BCUT2D eigenvalue weighted by Crippen LogP contribution is -2.27. The molecule has 0 aliphatic rings. The van der Waals surface area contributed by atoms with Crippen LogP contribution in [0.3, 0.4) is 0 Å². The van der Waals surface area contributed by atoms with Crippen LogP contribution in [-0.2, 0) is 9.47 Å². The molecule has 1 rings (SSSR count). The maximum Gasteiger partial charge on any atom is 0.412 e. The molecule has 0 fully saturated rings. The summed E-state index contributed by atoms with van der Waals surface area (Å²) in [4.78, 5) is 23.4. The molecule has 0 heterocycles. The van der Waals surface area contributed by atoms with Gasteiger partial charge in [-0.1, -0.05) is 12.7 Å². The van der Waals surface area contributed by atoms with Crippen molar-refractivity contribution in [1.29, 1.82) is 0 Å². The zero-order valence-corrected chi connectivity index (χ0v) is 12.4. The Morgan fingerprint density at radius 1 is 1.33 bits per heavy atom. The van der Waals surface area contributed by atoms with Crippen molar-refractivity contribution in [2.75, 3.05) is 17.7 Å². The molecule has 0 saturated carbocycles. The number of nitrogen functional groups attached to an aromatic ring is 1. The van der Waals surface area contributed by atoms with E-state index in [1.807, 2.05) is 0 Å². The lowest BCUT2D eigenvalue weighted by Gasteiger charge is -2.19. The van der Waals surface area contributed by atoms with E-state index in [9.17, 15) is 9.59 Å². The van der Waals surface area contributed by atoms with Gasteiger partial charge in [0.25, 0.3) is 0 Å². The molecule has 1 aromatic carbocycles. The van der Waals surface area contributed by atoms with Gasteiger partial charge in [0.1, 0.15) is 12.2 Å². The molecule has 0 aromatic heterocycles. The van der Waals surface area contributed by atoms with Crippen LogP contribution in [0.1, 0.15) is 31.1 Å². The summed E-state index contributed by atoms with van der Waals surface area (Å²) in [6.45, 7) is 8.82. The van der Waals surface area contributed by atoms with E-state index < -0.39 is 17.7 Å². The van der Waals surface area contributed by atoms with Gasteiger partial charge in [0.2, 0.25) is 0 Å². The van der Waals surface area contributed by atoms with Gasteiger partial charge in [0.05, 0.1) is 5.56 Å². The predicted molar refractivity (Wildman–Crippen MR) is 81.2 cm³/mol. The minimum absolute atomic E-state index is 0.0997. The topological polar surface area (TPSA) is 90.6 Å². The van der Waals surface area contributed by atoms with E-state index in [0.29, 0.717) is 11.4 Å². The Kier molecular flexibility index (Phi) is 5.35. The molecule has 0 aliphatic carbocycles. The van der Waals surface area contributed by atoms with E-state index in [1.165, 1.54) is 24.3 Å². The summed E-state index contributed by atoms with van der Waals surface area (Å²) in [7, 11) is 0. The molecule has 21 heavy (non-hydrogen) atoms. The SMILES string of the molecule is C=CCOC(=O)c1cc(N)cc(NC(=O)OC(C)(C)C)c1. The number of hydrogen-bond acceptors (Lipinski definition) is 5. The summed E-state index contributed by atoms with van der Waals surface area (Å²) in [5, 5.41) is 2.52. The second-order valence-electron chi connectivity index (χ2n) is 5.36. The first-order valence-corrected chi connectivity index (χ1v) is 6.40. The number of carbonyl (C=O) groups excluding carboxylic acids is 2. The number of anilines is 2. The molecular weight excluding hydrogens is 272 g/mol. The van der Waals surface area contributed by atoms with Crippen molar-refractivity contribution in [2.45, 2.75) is 26.4 Å². The molecule has 0 aliphatic heterocycles. The van der Waals surface area contributed by atoms with E-state index in [2.05, 4.69) is 11.9 Å². The fourth-order valence-electron chi connectivity index (χ4n) is 1.48. The third-order valence-electron chi connectivity index (χ3n) is 2.17. The molecule has 3 N–H and O–H groups in total. The Labute approximate surface area is 123 Å². The van der Waals surface area contributed by atoms with Gasteiger partial charge < -0.3 is 15.2 Å². The van der Waals surface area contributed by atoms with Crippen molar-refractivity contribution in [3.63, 3.8) is 0 Å². The van der Waals surface area contributed by atoms with Gasteiger partial charge in [0, 0.05) is 11.4 Å². The molecule has 0 saturated heterocycles. The highest BCUT2D eigenvalue weighted by molar-refractivity contribution is 5.94. The summed E-state index contributed by atoms with van der Waals surface area (Å²) in [5.74, 6) is -0.547. The van der Waals surface area contributed by atoms with Crippen LogP contribution in [-0.4, -0.2) is 24.3 Å². The van der Waals surface area contributed by atoms with E-state index in [-0.39, 0.29) is 12.2 Å². The van der Waals surface area contributed by atoms with Gasteiger partial charge >= 0.3 is 12.1 Å². The van der Waals surface area contributed by atoms with Gasteiger partial charge in [0.15, 0.2) is 0 Å². The van der Waals surface area contributed by atoms with Gasteiger partial charge in [-0.15, -0.1) is 0 Å². The number of esters is 1. The molecular formula is C15H20N2O4. The monoisotopic (exact) mass is 292 g/mol. The van der Waals surface area contributed by atoms with Gasteiger partial charge in [-0.05, 0) is 39.0 Å². The summed E-state index contributed by atoms with van der Waals surface area (Å²) >= 11 is 0. The molecule has 0 atom stereocenters. The fraction of sp³-hybridized carbons (Fsp3) is 0.333. The smallest absolute Gasteiger partial charge is 0.412 e. The maximum absolute atomic E-state index is 11.8. The number of amides is 1. The standard InChI is InChI=1S/C15H20N2O4/c1-5-6-20-13(18)10-7-11(16)9-12(8-10)17-14(19)21-15(2,3)4/h5,7-9H,1,6,16H2,2-4H3,(H,17,19). The van der Waals surface area contributed by atoms with Crippen molar-refractivity contribution >= 4 is 23.4 Å². The highest BCUT2D eigenvalue weighted by Crippen LogP contribution is 2.19. The Balaban J connectivity index is 2.84. The Morgan fingerprint density at radius 3 is 2.57 bits per heavy atom. The number of hydrogen-bond donors (Lipinski definition) is 2. The van der Waals surface area contributed by atoms with Gasteiger partial charge in [-0.3, -0.25) is 5.32 Å². The number of rotatable bonds is 4. The minimum Gasteiger partial charge on any atom is -0.458 e. The van der Waals surface area contributed by atoms with Gasteiger partial charge in [-0.25, -0.2) is 9.59 Å². The average molecular weight is 292 g/mol. The van der Waals surface area contributed by atoms with E-state index in [4.69, 9.17) is 15.2 Å². The van der Waals surface area contributed by atoms with E-state index in [0.717, 1.165) is 0 Å². The zero-order valence-electron chi connectivity index (χ0n) is 12.4. The fourth-order valence-corrected chi connectivity index (χ4v) is 1.48. The minimum atomic E-state index is -0.626. The summed E-state index contributed by atoms with van der Waals surface area (Å²) in [5.41, 5.74) is 6.02. The Morgan fingerprint density at radius 2 is 2.00 bits per heavy atom. The van der Waals surface area contributed by atoms with E-state index >= 15 is 0 Å². The quantitative estimate of drug-likeness (QED) is 0.506. The van der Waals surface area contributed by atoms with Crippen LogP contribution in [0.2, 0.25) is 0 Å². The lowest BCUT2D eigenvalue weighted by molar-refractivity contribution is 0.0548. The van der Waals surface area contributed by atoms with Crippen LogP contribution in [0.15, 0.2) is 30.9 Å². The summed E-state index contributed by atoms with van der Waals surface area (Å²) in [6.07, 6.45) is 0.836. The van der Waals surface area contributed by atoms with Crippen molar-refractivity contribution in [2.24, 2.45) is 0 Å². The van der Waals surface area contributed by atoms with Crippen molar-refractivity contribution in [3.05, 3.63) is 36.4 Å². The van der Waals surface area contributed by atoms with Crippen molar-refractivity contribution in [1.82, 2.24) is 0 Å². The van der Waals surface area contributed by atoms with Crippen molar-refractivity contribution in [3.8, 4) is 0 Å². The third-order valence-corrected chi connectivity index (χ3v) is 2.17. The van der Waals surface area contributed by atoms with Crippen LogP contribution < -0.4 is 11.1 Å². The molecule has 0 spiro atoms. The van der Waals surface area contributed by atoms with Crippen LogP contribution >= 0.6 is 0 Å². The second kappa shape index (κ2) is 6.78. The average Bonchev–Trinajstić information content (AvgIpc) is 2.32. The second-order valence-corrected chi connectivity index (χ2v) is 5.36. The molecule has 6 heteroatoms. The molecule has 1 aromatic rings. The van der Waals surface area contributed by atoms with Crippen molar-refractivity contribution < 1.29 is 19.1 Å². The predicted octanol–water partition coefficient (Wildman–Crippen LogP) is 2.96. The molecule has 0 bridgehead atoms. The summed E-state index contributed by atoms with van der Waals surface area (Å²) in [6, 6.07) is 4.45. The third kappa shape index (κ3) is 5.99. The highest BCUT2D eigenvalue weighted by atomic mass is 16.6. The number of ether oxygens (including phenoxy) is 2. The normalized spacial score (nSPS) is 10.6. The summed E-state index contributed by atoms with van der Waals surface area (Å²) < 4.78 is 10.0.